The first-order valence-electron chi connectivity index (χ1n) is 8.71. The van der Waals surface area contributed by atoms with E-state index in [1.807, 2.05) is 11.6 Å². The summed E-state index contributed by atoms with van der Waals surface area (Å²) in [5.74, 6) is 2.65. The van der Waals surface area contributed by atoms with Crippen molar-refractivity contribution in [3.05, 3.63) is 11.6 Å². The molecule has 0 bridgehead atoms. The van der Waals surface area contributed by atoms with Crippen LogP contribution in [0, 0.1) is 6.92 Å². The predicted molar refractivity (Wildman–Crippen MR) is 91.7 cm³/mol. The zero-order chi connectivity index (χ0) is 17.5. The lowest BCUT2D eigenvalue weighted by atomic mass is 9.94. The molecule has 0 spiro atoms. The van der Waals surface area contributed by atoms with Crippen molar-refractivity contribution in [2.75, 3.05) is 24.6 Å². The van der Waals surface area contributed by atoms with Gasteiger partial charge in [0.15, 0.2) is 9.84 Å². The molecule has 8 heteroatoms. The minimum atomic E-state index is -2.83. The lowest BCUT2D eigenvalue weighted by molar-refractivity contribution is 0.0554. The number of hydrogen-bond acceptors (Lipinski definition) is 6. The molecule has 3 rings (SSSR count). The Bertz CT molecular complexity index is 685. The fourth-order valence-corrected chi connectivity index (χ4v) is 5.60. The van der Waals surface area contributed by atoms with Crippen LogP contribution in [-0.2, 0) is 16.4 Å². The summed E-state index contributed by atoms with van der Waals surface area (Å²) in [6, 6.07) is 0.187. The van der Waals surface area contributed by atoms with Crippen LogP contribution in [0.5, 0.6) is 0 Å². The molecule has 136 valence electrons. The zero-order valence-corrected chi connectivity index (χ0v) is 15.6. The van der Waals surface area contributed by atoms with Crippen molar-refractivity contribution in [1.82, 2.24) is 19.7 Å². The quantitative estimate of drug-likeness (QED) is 0.855. The first-order chi connectivity index (χ1) is 11.1. The second-order valence-corrected chi connectivity index (χ2v) is 10.1. The Balaban J connectivity index is 1.65. The third-order valence-electron chi connectivity index (χ3n) is 4.96. The number of hydrogen-bond donors (Lipinski definition) is 1. The highest BCUT2D eigenvalue weighted by atomic mass is 32.2. The molecule has 1 aromatic heterocycles. The van der Waals surface area contributed by atoms with Crippen LogP contribution in [-0.4, -0.2) is 69.4 Å². The summed E-state index contributed by atoms with van der Waals surface area (Å²) in [6.07, 6.45) is 2.68. The minimum absolute atomic E-state index is 0.187. The summed E-state index contributed by atoms with van der Waals surface area (Å²) in [5.41, 5.74) is -0.826. The van der Waals surface area contributed by atoms with E-state index >= 15 is 0 Å². The number of sulfone groups is 1. The van der Waals surface area contributed by atoms with Crippen LogP contribution >= 0.6 is 0 Å². The van der Waals surface area contributed by atoms with E-state index in [1.165, 1.54) is 0 Å². The van der Waals surface area contributed by atoms with Gasteiger partial charge in [0.25, 0.3) is 0 Å². The number of likely N-dealkylation sites (tertiary alicyclic amines) is 1. The predicted octanol–water partition coefficient (Wildman–Crippen LogP) is 0.724. The third-order valence-corrected chi connectivity index (χ3v) is 6.71. The maximum absolute atomic E-state index is 11.7. The molecule has 1 atom stereocenters. The van der Waals surface area contributed by atoms with Gasteiger partial charge >= 0.3 is 0 Å². The van der Waals surface area contributed by atoms with Crippen LogP contribution in [0.25, 0.3) is 0 Å². The van der Waals surface area contributed by atoms with Gasteiger partial charge in [-0.2, -0.15) is 5.10 Å². The molecule has 1 unspecified atom stereocenters. The lowest BCUT2D eigenvalue weighted by Crippen LogP contribution is -2.42. The molecule has 1 N–H and O–H groups in total. The number of aliphatic hydroxyl groups is 1. The van der Waals surface area contributed by atoms with E-state index in [9.17, 15) is 13.5 Å². The van der Waals surface area contributed by atoms with Gasteiger partial charge in [0.1, 0.15) is 11.6 Å². The Labute approximate surface area is 144 Å². The SMILES string of the molecule is Cc1nc(C2CCN(C3CCS(=O)(=O)C3)CC2)n(CC(C)(C)O)n1. The molecular formula is C16H28N4O3S. The normalized spacial score (nSPS) is 26.1. The molecule has 2 fully saturated rings. The third kappa shape index (κ3) is 4.15. The summed E-state index contributed by atoms with van der Waals surface area (Å²) in [4.78, 5) is 6.91. The largest absolute Gasteiger partial charge is 0.389 e. The minimum Gasteiger partial charge on any atom is -0.389 e. The molecule has 2 saturated heterocycles. The van der Waals surface area contributed by atoms with E-state index in [1.54, 1.807) is 13.8 Å². The Morgan fingerprint density at radius 3 is 2.46 bits per heavy atom. The first-order valence-corrected chi connectivity index (χ1v) is 10.5. The van der Waals surface area contributed by atoms with Crippen LogP contribution < -0.4 is 0 Å². The van der Waals surface area contributed by atoms with Crippen molar-refractivity contribution in [1.29, 1.82) is 0 Å². The molecule has 0 radical (unpaired) electrons. The van der Waals surface area contributed by atoms with Crippen molar-refractivity contribution >= 4 is 9.84 Å². The van der Waals surface area contributed by atoms with Gasteiger partial charge in [-0.1, -0.05) is 0 Å². The molecular weight excluding hydrogens is 328 g/mol. The molecule has 1 aromatic rings. The molecule has 3 heterocycles. The second-order valence-electron chi connectivity index (χ2n) is 7.85. The van der Waals surface area contributed by atoms with Crippen LogP contribution in [0.4, 0.5) is 0 Å². The summed E-state index contributed by atoms with van der Waals surface area (Å²) in [6.45, 7) is 7.67. The van der Waals surface area contributed by atoms with Crippen molar-refractivity contribution in [3.8, 4) is 0 Å². The highest BCUT2D eigenvalue weighted by Gasteiger charge is 2.35. The summed E-state index contributed by atoms with van der Waals surface area (Å²) in [7, 11) is -2.83. The van der Waals surface area contributed by atoms with E-state index in [0.717, 1.165) is 44.0 Å². The van der Waals surface area contributed by atoms with Gasteiger partial charge in [-0.05, 0) is 53.1 Å². The second kappa shape index (κ2) is 6.38. The van der Waals surface area contributed by atoms with Crippen molar-refractivity contribution in [3.63, 3.8) is 0 Å². The number of aryl methyl sites for hydroxylation is 1. The van der Waals surface area contributed by atoms with Crippen LogP contribution in [0.2, 0.25) is 0 Å². The molecule has 7 nitrogen and oxygen atoms in total. The number of aromatic nitrogens is 3. The van der Waals surface area contributed by atoms with Gasteiger partial charge in [0.05, 0.1) is 23.7 Å². The molecule has 0 amide bonds. The number of piperidine rings is 1. The topological polar surface area (TPSA) is 88.3 Å². The van der Waals surface area contributed by atoms with Gasteiger partial charge in [-0.3, -0.25) is 4.90 Å². The Morgan fingerprint density at radius 1 is 1.25 bits per heavy atom. The monoisotopic (exact) mass is 356 g/mol. The van der Waals surface area contributed by atoms with Gasteiger partial charge < -0.3 is 5.11 Å². The highest BCUT2D eigenvalue weighted by Crippen LogP contribution is 2.30. The van der Waals surface area contributed by atoms with E-state index in [2.05, 4.69) is 15.0 Å². The molecule has 0 saturated carbocycles. The maximum Gasteiger partial charge on any atom is 0.151 e. The van der Waals surface area contributed by atoms with Gasteiger partial charge in [-0.15, -0.1) is 0 Å². The summed E-state index contributed by atoms with van der Waals surface area (Å²) in [5, 5.41) is 14.5. The number of nitrogens with zero attached hydrogens (tertiary/aromatic N) is 4. The van der Waals surface area contributed by atoms with Gasteiger partial charge in [0, 0.05) is 12.0 Å². The van der Waals surface area contributed by atoms with Crippen LogP contribution in [0.15, 0.2) is 0 Å². The fourth-order valence-electron chi connectivity index (χ4n) is 3.84. The molecule has 0 aromatic carbocycles. The Morgan fingerprint density at radius 2 is 1.92 bits per heavy atom. The zero-order valence-electron chi connectivity index (χ0n) is 14.8. The van der Waals surface area contributed by atoms with E-state index in [4.69, 9.17) is 0 Å². The van der Waals surface area contributed by atoms with Crippen molar-refractivity contribution < 1.29 is 13.5 Å². The number of rotatable bonds is 4. The van der Waals surface area contributed by atoms with Crippen LogP contribution in [0.1, 0.15) is 50.7 Å². The van der Waals surface area contributed by atoms with E-state index < -0.39 is 15.4 Å². The maximum atomic E-state index is 11.7. The highest BCUT2D eigenvalue weighted by molar-refractivity contribution is 7.91. The fraction of sp³-hybridized carbons (Fsp3) is 0.875. The Hall–Kier alpha value is -0.990. The Kier molecular flexibility index (Phi) is 4.74. The molecule has 24 heavy (non-hydrogen) atoms. The lowest BCUT2D eigenvalue weighted by Gasteiger charge is -2.35. The average molecular weight is 356 g/mol. The first kappa shape index (κ1) is 17.8. The van der Waals surface area contributed by atoms with Gasteiger partial charge in [-0.25, -0.2) is 18.1 Å². The summed E-state index contributed by atoms with van der Waals surface area (Å²) >= 11 is 0. The van der Waals surface area contributed by atoms with Crippen molar-refractivity contribution in [2.45, 2.75) is 64.1 Å². The summed E-state index contributed by atoms with van der Waals surface area (Å²) < 4.78 is 25.2. The van der Waals surface area contributed by atoms with E-state index in [-0.39, 0.29) is 6.04 Å². The molecule has 0 aliphatic carbocycles. The van der Waals surface area contributed by atoms with Crippen molar-refractivity contribution in [2.24, 2.45) is 0 Å². The standard InChI is InChI=1S/C16H28N4O3S/c1-12-17-15(20(18-12)11-16(2,3)21)13-4-7-19(8-5-13)14-6-9-24(22,23)10-14/h13-14,21H,4-11H2,1-3H3. The average Bonchev–Trinajstić information content (AvgIpc) is 3.00. The molecule has 2 aliphatic heterocycles. The van der Waals surface area contributed by atoms with Crippen LogP contribution in [0.3, 0.4) is 0 Å². The van der Waals surface area contributed by atoms with E-state index in [0.29, 0.717) is 24.0 Å². The smallest absolute Gasteiger partial charge is 0.151 e. The van der Waals surface area contributed by atoms with Gasteiger partial charge in [0.2, 0.25) is 0 Å². The molecule has 2 aliphatic rings.